The quantitative estimate of drug-likeness (QED) is 0.626. The van der Waals surface area contributed by atoms with Crippen LogP contribution in [0.3, 0.4) is 0 Å². The second-order valence-electron chi connectivity index (χ2n) is 8.37. The topological polar surface area (TPSA) is 79.6 Å². The van der Waals surface area contributed by atoms with E-state index in [2.05, 4.69) is 15.3 Å². The number of rotatable bonds is 4. The van der Waals surface area contributed by atoms with Gasteiger partial charge in [-0.2, -0.15) is 4.52 Å². The van der Waals surface area contributed by atoms with Crippen LogP contribution >= 0.6 is 22.9 Å². The Bertz CT molecular complexity index is 1240. The van der Waals surface area contributed by atoms with E-state index in [1.165, 1.54) is 28.0 Å². The minimum absolute atomic E-state index is 0.0605. The third-order valence-corrected chi connectivity index (χ3v) is 7.52. The van der Waals surface area contributed by atoms with Gasteiger partial charge in [0.05, 0.1) is 11.6 Å². The molecule has 5 rings (SSSR count). The molecule has 3 aromatic rings. The van der Waals surface area contributed by atoms with Crippen molar-refractivity contribution in [3.8, 4) is 0 Å². The van der Waals surface area contributed by atoms with Crippen molar-refractivity contribution in [1.29, 1.82) is 0 Å². The van der Waals surface area contributed by atoms with E-state index in [0.717, 1.165) is 61.5 Å². The lowest BCUT2D eigenvalue weighted by Crippen LogP contribution is -2.43. The lowest BCUT2D eigenvalue weighted by Gasteiger charge is -2.31. The van der Waals surface area contributed by atoms with Gasteiger partial charge in [0.2, 0.25) is 16.0 Å². The number of anilines is 1. The fraction of sp³-hybridized carbons (Fsp3) is 0.455. The molecule has 1 amide bonds. The molecule has 10 heteroatoms. The first-order chi connectivity index (χ1) is 15.5. The molecule has 1 unspecified atom stereocenters. The van der Waals surface area contributed by atoms with E-state index in [1.54, 1.807) is 6.07 Å². The molecule has 1 aliphatic heterocycles. The van der Waals surface area contributed by atoms with Crippen LogP contribution in [-0.4, -0.2) is 33.6 Å². The van der Waals surface area contributed by atoms with Gasteiger partial charge in [-0.15, -0.1) is 5.10 Å². The van der Waals surface area contributed by atoms with Crippen LogP contribution < -0.4 is 15.8 Å². The summed E-state index contributed by atoms with van der Waals surface area (Å²) in [4.78, 5) is 33.0. The van der Waals surface area contributed by atoms with Gasteiger partial charge in [0.1, 0.15) is 5.82 Å². The lowest BCUT2D eigenvalue weighted by molar-refractivity contribution is -0.125. The van der Waals surface area contributed by atoms with Crippen molar-refractivity contribution < 1.29 is 9.18 Å². The molecule has 0 radical (unpaired) electrons. The summed E-state index contributed by atoms with van der Waals surface area (Å²) in [6.45, 7) is 1.56. The van der Waals surface area contributed by atoms with Crippen molar-refractivity contribution in [3.63, 3.8) is 0 Å². The number of fused-ring (bicyclic) bond motifs is 2. The zero-order valence-electron chi connectivity index (χ0n) is 17.4. The standard InChI is InChI=1S/C22H23ClFN5O2S/c23-17-10-15(24)8-7-13(17)11-25-19(30)14-4-3-9-28(12-14)22-27-29-20(31)16-5-1-2-6-18(16)26-21(29)32-22/h7-8,10,14H,1-6,9,11-12H2,(H,25,30). The fourth-order valence-corrected chi connectivity index (χ4v) is 5.63. The molecular weight excluding hydrogens is 453 g/mol. The number of aryl methyl sites for hydroxylation is 1. The van der Waals surface area contributed by atoms with Gasteiger partial charge in [-0.1, -0.05) is 29.0 Å². The summed E-state index contributed by atoms with van der Waals surface area (Å²) in [5.74, 6) is -0.673. The van der Waals surface area contributed by atoms with Crippen LogP contribution in [0.15, 0.2) is 23.0 Å². The summed E-state index contributed by atoms with van der Waals surface area (Å²) < 4.78 is 14.6. The number of nitrogens with one attached hydrogen (secondary N) is 1. The molecule has 1 aliphatic carbocycles. The number of hydrogen-bond donors (Lipinski definition) is 1. The molecule has 168 valence electrons. The minimum Gasteiger partial charge on any atom is -0.352 e. The third-order valence-electron chi connectivity index (χ3n) is 6.20. The van der Waals surface area contributed by atoms with E-state index in [9.17, 15) is 14.0 Å². The van der Waals surface area contributed by atoms with Gasteiger partial charge in [-0.3, -0.25) is 9.59 Å². The molecule has 2 aliphatic rings. The molecule has 32 heavy (non-hydrogen) atoms. The Balaban J connectivity index is 1.30. The highest BCUT2D eigenvalue weighted by Crippen LogP contribution is 2.28. The van der Waals surface area contributed by atoms with Crippen molar-refractivity contribution in [2.24, 2.45) is 5.92 Å². The van der Waals surface area contributed by atoms with Crippen LogP contribution in [0, 0.1) is 11.7 Å². The zero-order chi connectivity index (χ0) is 22.2. The molecule has 1 atom stereocenters. The number of aromatic nitrogens is 3. The second-order valence-corrected chi connectivity index (χ2v) is 9.71. The van der Waals surface area contributed by atoms with E-state index in [4.69, 9.17) is 16.6 Å². The van der Waals surface area contributed by atoms with Crippen LogP contribution in [0.5, 0.6) is 0 Å². The summed E-state index contributed by atoms with van der Waals surface area (Å²) in [7, 11) is 0. The number of amides is 1. The molecular formula is C22H23ClFN5O2S. The Morgan fingerprint density at radius 2 is 2.12 bits per heavy atom. The maximum atomic E-state index is 13.2. The monoisotopic (exact) mass is 475 g/mol. The molecule has 0 spiro atoms. The second kappa shape index (κ2) is 8.78. The van der Waals surface area contributed by atoms with E-state index < -0.39 is 5.82 Å². The molecule has 1 saturated heterocycles. The Morgan fingerprint density at radius 1 is 1.28 bits per heavy atom. The van der Waals surface area contributed by atoms with E-state index in [0.29, 0.717) is 22.1 Å². The van der Waals surface area contributed by atoms with Crippen molar-refractivity contribution >= 4 is 38.9 Å². The largest absolute Gasteiger partial charge is 0.352 e. The third kappa shape index (κ3) is 4.11. The van der Waals surface area contributed by atoms with Gasteiger partial charge in [-0.25, -0.2) is 9.37 Å². The van der Waals surface area contributed by atoms with E-state index in [1.807, 2.05) is 0 Å². The Labute approximate surface area is 193 Å². The average molecular weight is 476 g/mol. The lowest BCUT2D eigenvalue weighted by atomic mass is 9.97. The maximum Gasteiger partial charge on any atom is 0.278 e. The van der Waals surface area contributed by atoms with Crippen LogP contribution in [0.1, 0.15) is 42.5 Å². The van der Waals surface area contributed by atoms with Gasteiger partial charge >= 0.3 is 0 Å². The summed E-state index contributed by atoms with van der Waals surface area (Å²) in [6, 6.07) is 4.15. The molecule has 7 nitrogen and oxygen atoms in total. The van der Waals surface area contributed by atoms with Gasteiger partial charge < -0.3 is 10.2 Å². The number of carbonyl (C=O) groups excluding carboxylic acids is 1. The van der Waals surface area contributed by atoms with Crippen LogP contribution in [0.2, 0.25) is 5.02 Å². The normalized spacial score (nSPS) is 18.6. The summed E-state index contributed by atoms with van der Waals surface area (Å²) in [5, 5.41) is 8.48. The van der Waals surface area contributed by atoms with Crippen molar-refractivity contribution in [2.45, 2.75) is 45.1 Å². The first-order valence-electron chi connectivity index (χ1n) is 10.9. The smallest absolute Gasteiger partial charge is 0.278 e. The average Bonchev–Trinajstić information content (AvgIpc) is 3.23. The van der Waals surface area contributed by atoms with Crippen molar-refractivity contribution in [2.75, 3.05) is 18.0 Å². The number of nitrogens with zero attached hydrogens (tertiary/aromatic N) is 4. The molecule has 1 fully saturated rings. The van der Waals surface area contributed by atoms with E-state index >= 15 is 0 Å². The first kappa shape index (κ1) is 21.3. The maximum absolute atomic E-state index is 13.2. The van der Waals surface area contributed by atoms with Gasteiger partial charge in [0.25, 0.3) is 5.56 Å². The SMILES string of the molecule is O=C(NCc1ccc(F)cc1Cl)C1CCCN(c2nn3c(=O)c4c(nc3s2)CCCC4)C1. The number of halogens is 2. The molecule has 0 saturated carbocycles. The van der Waals surface area contributed by atoms with Crippen LogP contribution in [0.4, 0.5) is 9.52 Å². The predicted octanol–water partition coefficient (Wildman–Crippen LogP) is 3.36. The summed E-state index contributed by atoms with van der Waals surface area (Å²) in [5.41, 5.74) is 2.32. The van der Waals surface area contributed by atoms with Crippen LogP contribution in [0.25, 0.3) is 4.96 Å². The number of carbonyl (C=O) groups is 1. The first-order valence-corrected chi connectivity index (χ1v) is 12.1. The van der Waals surface area contributed by atoms with Gasteiger partial charge in [0.15, 0.2) is 0 Å². The Hall–Kier alpha value is -2.52. The molecule has 0 bridgehead atoms. The van der Waals surface area contributed by atoms with E-state index in [-0.39, 0.29) is 23.9 Å². The minimum atomic E-state index is -0.404. The number of hydrogen-bond acceptors (Lipinski definition) is 6. The van der Waals surface area contributed by atoms with Crippen molar-refractivity contribution in [3.05, 3.63) is 56.2 Å². The molecule has 1 N–H and O–H groups in total. The zero-order valence-corrected chi connectivity index (χ0v) is 19.0. The highest BCUT2D eigenvalue weighted by atomic mass is 35.5. The molecule has 3 heterocycles. The Morgan fingerprint density at radius 3 is 2.97 bits per heavy atom. The highest BCUT2D eigenvalue weighted by Gasteiger charge is 2.28. The predicted molar refractivity (Wildman–Crippen MR) is 122 cm³/mol. The van der Waals surface area contributed by atoms with Gasteiger partial charge in [0, 0.05) is 30.2 Å². The molecule has 2 aromatic heterocycles. The fourth-order valence-electron chi connectivity index (χ4n) is 4.45. The highest BCUT2D eigenvalue weighted by molar-refractivity contribution is 7.20. The summed E-state index contributed by atoms with van der Waals surface area (Å²) >= 11 is 7.46. The summed E-state index contributed by atoms with van der Waals surface area (Å²) in [6.07, 6.45) is 5.31. The van der Waals surface area contributed by atoms with Gasteiger partial charge in [-0.05, 0) is 56.2 Å². The Kier molecular flexibility index (Phi) is 5.86. The molecule has 1 aromatic carbocycles. The van der Waals surface area contributed by atoms with Crippen LogP contribution in [-0.2, 0) is 24.2 Å². The number of benzene rings is 1. The van der Waals surface area contributed by atoms with Crippen molar-refractivity contribution in [1.82, 2.24) is 19.9 Å². The number of piperidine rings is 1.